The van der Waals surface area contributed by atoms with E-state index in [0.717, 1.165) is 48.8 Å². The van der Waals surface area contributed by atoms with Crippen LogP contribution in [0, 0.1) is 11.8 Å². The van der Waals surface area contributed by atoms with Gasteiger partial charge in [0, 0.05) is 0 Å². The predicted molar refractivity (Wildman–Crippen MR) is 80.8 cm³/mol. The summed E-state index contributed by atoms with van der Waals surface area (Å²) in [5.41, 5.74) is 0.437. The van der Waals surface area contributed by atoms with Gasteiger partial charge in [0.15, 0.2) is 0 Å². The van der Waals surface area contributed by atoms with Crippen molar-refractivity contribution in [3.8, 4) is 5.75 Å². The highest BCUT2D eigenvalue weighted by Crippen LogP contribution is 2.42. The Hall–Kier alpha value is -1.02. The molecule has 0 amide bonds. The van der Waals surface area contributed by atoms with E-state index in [-0.39, 0.29) is 0 Å². The third-order valence-electron chi connectivity index (χ3n) is 5.02. The molecule has 2 aliphatic carbocycles. The molecule has 0 heterocycles. The van der Waals surface area contributed by atoms with E-state index in [1.807, 2.05) is 24.3 Å². The Morgan fingerprint density at radius 2 is 1.65 bits per heavy atom. The van der Waals surface area contributed by atoms with Gasteiger partial charge in [-0.2, -0.15) is 0 Å². The molecule has 2 saturated carbocycles. The average Bonchev–Trinajstić information content (AvgIpc) is 3.24. The zero-order valence-corrected chi connectivity index (χ0v) is 12.6. The zero-order valence-electron chi connectivity index (χ0n) is 12.6. The molecule has 2 fully saturated rings. The maximum Gasteiger partial charge on any atom is 0.119 e. The first-order chi connectivity index (χ1) is 9.57. The third-order valence-corrected chi connectivity index (χ3v) is 5.02. The van der Waals surface area contributed by atoms with Crippen LogP contribution in [-0.4, -0.2) is 11.2 Å². The van der Waals surface area contributed by atoms with Crippen LogP contribution < -0.4 is 4.74 Å². The fourth-order valence-corrected chi connectivity index (χ4v) is 3.30. The second-order valence-electron chi connectivity index (χ2n) is 6.95. The fraction of sp³-hybridized carbons (Fsp3) is 0.667. The number of aliphatic hydroxyl groups is 1. The lowest BCUT2D eigenvalue weighted by Gasteiger charge is -2.38. The van der Waals surface area contributed by atoms with E-state index in [9.17, 15) is 5.11 Å². The van der Waals surface area contributed by atoms with Crippen LogP contribution >= 0.6 is 0 Å². The molecule has 0 aliphatic heterocycles. The van der Waals surface area contributed by atoms with E-state index >= 15 is 0 Å². The Bertz CT molecular complexity index is 437. The van der Waals surface area contributed by atoms with Crippen molar-refractivity contribution in [2.75, 3.05) is 0 Å². The van der Waals surface area contributed by atoms with Crippen molar-refractivity contribution in [3.63, 3.8) is 0 Å². The number of benzene rings is 1. The minimum absolute atomic E-state index is 0.436. The van der Waals surface area contributed by atoms with E-state index in [2.05, 4.69) is 13.8 Å². The second-order valence-corrected chi connectivity index (χ2v) is 6.95. The van der Waals surface area contributed by atoms with Crippen LogP contribution in [0.15, 0.2) is 24.3 Å². The normalized spacial score (nSPS) is 30.5. The Morgan fingerprint density at radius 3 is 2.15 bits per heavy atom. The van der Waals surface area contributed by atoms with Crippen molar-refractivity contribution in [2.24, 2.45) is 11.8 Å². The van der Waals surface area contributed by atoms with Gasteiger partial charge in [-0.05, 0) is 68.1 Å². The summed E-state index contributed by atoms with van der Waals surface area (Å²) in [6, 6.07) is 8.13. The summed E-state index contributed by atoms with van der Waals surface area (Å²) in [6.45, 7) is 4.58. The maximum atomic E-state index is 10.9. The van der Waals surface area contributed by atoms with Crippen molar-refractivity contribution >= 4 is 0 Å². The molecule has 0 radical (unpaired) electrons. The highest BCUT2D eigenvalue weighted by atomic mass is 16.5. The van der Waals surface area contributed by atoms with Gasteiger partial charge in [0.2, 0.25) is 0 Å². The van der Waals surface area contributed by atoms with Crippen molar-refractivity contribution in [3.05, 3.63) is 29.8 Å². The number of hydrogen-bond donors (Lipinski definition) is 1. The Labute approximate surface area is 122 Å². The standard InChI is InChI=1S/C18H26O2/c1-13(2)14-9-11-18(19,12-10-14)15-3-5-16(6-4-15)20-17-7-8-17/h3-6,13-14,17,19H,7-12H2,1-2H3. The SMILES string of the molecule is CC(C)C1CCC(O)(c2ccc(OC3CC3)cc2)CC1. The van der Waals surface area contributed by atoms with Crippen molar-refractivity contribution < 1.29 is 9.84 Å². The monoisotopic (exact) mass is 274 g/mol. The third kappa shape index (κ3) is 3.01. The molecule has 0 bridgehead atoms. The Morgan fingerprint density at radius 1 is 1.05 bits per heavy atom. The first-order valence-corrected chi connectivity index (χ1v) is 8.06. The van der Waals surface area contributed by atoms with Gasteiger partial charge < -0.3 is 9.84 Å². The molecule has 2 nitrogen and oxygen atoms in total. The highest BCUT2D eigenvalue weighted by Gasteiger charge is 2.35. The van der Waals surface area contributed by atoms with Crippen molar-refractivity contribution in [1.29, 1.82) is 0 Å². The van der Waals surface area contributed by atoms with Gasteiger partial charge in [0.25, 0.3) is 0 Å². The van der Waals surface area contributed by atoms with Crippen LogP contribution in [0.1, 0.15) is 57.9 Å². The molecule has 1 N–H and O–H groups in total. The average molecular weight is 274 g/mol. The Kier molecular flexibility index (Phi) is 3.76. The molecule has 0 saturated heterocycles. The summed E-state index contributed by atoms with van der Waals surface area (Å²) >= 11 is 0. The van der Waals surface area contributed by atoms with Crippen LogP contribution in [0.3, 0.4) is 0 Å². The van der Waals surface area contributed by atoms with Crippen LogP contribution in [0.5, 0.6) is 5.75 Å². The quantitative estimate of drug-likeness (QED) is 0.889. The summed E-state index contributed by atoms with van der Waals surface area (Å²) in [4.78, 5) is 0. The lowest BCUT2D eigenvalue weighted by atomic mass is 9.72. The van der Waals surface area contributed by atoms with Gasteiger partial charge in [-0.3, -0.25) is 0 Å². The van der Waals surface area contributed by atoms with Crippen LogP contribution in [0.2, 0.25) is 0 Å². The lowest BCUT2D eigenvalue weighted by molar-refractivity contribution is -0.0200. The largest absolute Gasteiger partial charge is 0.490 e. The lowest BCUT2D eigenvalue weighted by Crippen LogP contribution is -2.32. The van der Waals surface area contributed by atoms with E-state index in [1.165, 1.54) is 12.8 Å². The molecule has 1 aromatic carbocycles. The van der Waals surface area contributed by atoms with Gasteiger partial charge >= 0.3 is 0 Å². The summed E-state index contributed by atoms with van der Waals surface area (Å²) < 4.78 is 5.77. The fourth-order valence-electron chi connectivity index (χ4n) is 3.30. The predicted octanol–water partition coefficient (Wildman–Crippen LogP) is 4.26. The molecule has 2 heteroatoms. The summed E-state index contributed by atoms with van der Waals surface area (Å²) in [7, 11) is 0. The van der Waals surface area contributed by atoms with Gasteiger partial charge in [-0.15, -0.1) is 0 Å². The molecule has 20 heavy (non-hydrogen) atoms. The van der Waals surface area contributed by atoms with Crippen molar-refractivity contribution in [1.82, 2.24) is 0 Å². The molecule has 0 aromatic heterocycles. The first kappa shape index (κ1) is 13.9. The molecule has 1 aromatic rings. The van der Waals surface area contributed by atoms with E-state index in [4.69, 9.17) is 4.74 Å². The number of rotatable bonds is 4. The molecule has 0 unspecified atom stereocenters. The van der Waals surface area contributed by atoms with Crippen LogP contribution in [0.4, 0.5) is 0 Å². The van der Waals surface area contributed by atoms with Gasteiger partial charge in [-0.25, -0.2) is 0 Å². The summed E-state index contributed by atoms with van der Waals surface area (Å²) in [5.74, 6) is 2.44. The highest BCUT2D eigenvalue weighted by molar-refractivity contribution is 5.31. The minimum atomic E-state index is -0.622. The molecule has 3 rings (SSSR count). The van der Waals surface area contributed by atoms with Crippen LogP contribution in [-0.2, 0) is 5.60 Å². The molecule has 0 spiro atoms. The van der Waals surface area contributed by atoms with Crippen LogP contribution in [0.25, 0.3) is 0 Å². The smallest absolute Gasteiger partial charge is 0.119 e. The number of hydrogen-bond acceptors (Lipinski definition) is 2. The number of ether oxygens (including phenoxy) is 1. The summed E-state index contributed by atoms with van der Waals surface area (Å²) in [6.07, 6.45) is 6.84. The maximum absolute atomic E-state index is 10.9. The first-order valence-electron chi connectivity index (χ1n) is 8.06. The zero-order chi connectivity index (χ0) is 14.2. The van der Waals surface area contributed by atoms with Gasteiger partial charge in [0.1, 0.15) is 5.75 Å². The molecule has 2 aliphatic rings. The van der Waals surface area contributed by atoms with E-state index in [1.54, 1.807) is 0 Å². The molecule has 110 valence electrons. The topological polar surface area (TPSA) is 29.5 Å². The van der Waals surface area contributed by atoms with Gasteiger partial charge in [0.05, 0.1) is 11.7 Å². The molecular weight excluding hydrogens is 248 g/mol. The minimum Gasteiger partial charge on any atom is -0.490 e. The Balaban J connectivity index is 1.65. The van der Waals surface area contributed by atoms with Gasteiger partial charge in [-0.1, -0.05) is 26.0 Å². The second kappa shape index (κ2) is 5.40. The van der Waals surface area contributed by atoms with E-state index in [0.29, 0.717) is 6.10 Å². The summed E-state index contributed by atoms with van der Waals surface area (Å²) in [5, 5.41) is 10.9. The van der Waals surface area contributed by atoms with Crippen molar-refractivity contribution in [2.45, 2.75) is 64.1 Å². The molecular formula is C18H26O2. The molecule has 0 atom stereocenters. The van der Waals surface area contributed by atoms with E-state index < -0.39 is 5.60 Å².